The van der Waals surface area contributed by atoms with Crippen molar-refractivity contribution in [3.8, 4) is 0 Å². The van der Waals surface area contributed by atoms with Crippen molar-refractivity contribution in [3.63, 3.8) is 0 Å². The molecular weight excluding hydrogens is 226 g/mol. The summed E-state index contributed by atoms with van der Waals surface area (Å²) >= 11 is 5.85. The smallest absolute Gasteiger partial charge is 0.307 e. The van der Waals surface area contributed by atoms with Crippen molar-refractivity contribution in [2.24, 2.45) is 5.92 Å². The molecule has 16 heavy (non-hydrogen) atoms. The Bertz CT molecular complexity index is 368. The summed E-state index contributed by atoms with van der Waals surface area (Å²) in [4.78, 5) is 10.7. The molecule has 88 valence electrons. The molecule has 1 aromatic carbocycles. The Labute approximate surface area is 100 Å². The molecule has 4 heteroatoms. The Hall–Kier alpha value is -1.06. The number of carboxylic acids is 1. The van der Waals surface area contributed by atoms with Gasteiger partial charge >= 0.3 is 5.97 Å². The van der Waals surface area contributed by atoms with Crippen LogP contribution < -0.4 is 5.32 Å². The van der Waals surface area contributed by atoms with E-state index in [4.69, 9.17) is 16.7 Å². The van der Waals surface area contributed by atoms with Gasteiger partial charge in [0.05, 0.1) is 5.92 Å². The van der Waals surface area contributed by atoms with Crippen LogP contribution in [0.25, 0.3) is 0 Å². The molecular formula is C12H16ClNO2. The minimum atomic E-state index is -0.786. The van der Waals surface area contributed by atoms with E-state index in [0.717, 1.165) is 5.56 Å². The highest BCUT2D eigenvalue weighted by atomic mass is 35.5. The second kappa shape index (κ2) is 5.87. The number of carboxylic acid groups (broad SMARTS) is 1. The monoisotopic (exact) mass is 241 g/mol. The lowest BCUT2D eigenvalue weighted by molar-refractivity contribution is -0.141. The maximum atomic E-state index is 10.7. The highest BCUT2D eigenvalue weighted by Gasteiger charge is 2.18. The molecule has 0 aromatic heterocycles. The molecule has 0 radical (unpaired) electrons. The molecule has 3 nitrogen and oxygen atoms in total. The summed E-state index contributed by atoms with van der Waals surface area (Å²) in [5, 5.41) is 12.7. The van der Waals surface area contributed by atoms with Crippen LogP contribution in [0.2, 0.25) is 5.02 Å². The predicted molar refractivity (Wildman–Crippen MR) is 64.6 cm³/mol. The van der Waals surface area contributed by atoms with Gasteiger partial charge in [-0.2, -0.15) is 0 Å². The van der Waals surface area contributed by atoms with Crippen LogP contribution >= 0.6 is 11.6 Å². The molecule has 0 bridgehead atoms. The third-order valence-electron chi connectivity index (χ3n) is 2.66. The average Bonchev–Trinajstić information content (AvgIpc) is 2.24. The van der Waals surface area contributed by atoms with Gasteiger partial charge in [0.15, 0.2) is 0 Å². The molecule has 1 aromatic rings. The van der Waals surface area contributed by atoms with Crippen LogP contribution in [0.4, 0.5) is 0 Å². The molecule has 0 aliphatic heterocycles. The number of hydrogen-bond acceptors (Lipinski definition) is 2. The Morgan fingerprint density at radius 2 is 2.19 bits per heavy atom. The van der Waals surface area contributed by atoms with Crippen molar-refractivity contribution in [2.45, 2.75) is 26.4 Å². The first-order chi connectivity index (χ1) is 7.50. The van der Waals surface area contributed by atoms with Crippen molar-refractivity contribution < 1.29 is 9.90 Å². The Morgan fingerprint density at radius 1 is 1.50 bits per heavy atom. The third kappa shape index (κ3) is 3.83. The van der Waals surface area contributed by atoms with Crippen molar-refractivity contribution >= 4 is 17.6 Å². The van der Waals surface area contributed by atoms with E-state index < -0.39 is 11.9 Å². The zero-order valence-electron chi connectivity index (χ0n) is 9.40. The summed E-state index contributed by atoms with van der Waals surface area (Å²) in [5.74, 6) is -1.19. The van der Waals surface area contributed by atoms with Gasteiger partial charge in [-0.3, -0.25) is 4.79 Å². The van der Waals surface area contributed by atoms with Crippen LogP contribution in [0.1, 0.15) is 19.4 Å². The second-order valence-electron chi connectivity index (χ2n) is 3.93. The lowest BCUT2D eigenvalue weighted by Gasteiger charge is -2.17. The van der Waals surface area contributed by atoms with Gasteiger partial charge in [-0.1, -0.05) is 30.7 Å². The number of rotatable bonds is 5. The van der Waals surface area contributed by atoms with Gasteiger partial charge in [-0.15, -0.1) is 0 Å². The SMILES string of the molecule is CC(NCc1cccc(Cl)c1)C(C)C(=O)O. The summed E-state index contributed by atoms with van der Waals surface area (Å²) in [6.45, 7) is 4.18. The molecule has 2 N–H and O–H groups in total. The van der Waals surface area contributed by atoms with Gasteiger partial charge < -0.3 is 10.4 Å². The van der Waals surface area contributed by atoms with Crippen molar-refractivity contribution in [3.05, 3.63) is 34.9 Å². The van der Waals surface area contributed by atoms with E-state index in [9.17, 15) is 4.79 Å². The van der Waals surface area contributed by atoms with E-state index in [1.807, 2.05) is 31.2 Å². The van der Waals surface area contributed by atoms with Crippen molar-refractivity contribution in [1.82, 2.24) is 5.32 Å². The Balaban J connectivity index is 2.48. The van der Waals surface area contributed by atoms with Crippen molar-refractivity contribution in [1.29, 1.82) is 0 Å². The van der Waals surface area contributed by atoms with Gasteiger partial charge in [-0.05, 0) is 24.6 Å². The van der Waals surface area contributed by atoms with Crippen LogP contribution in [-0.2, 0) is 11.3 Å². The summed E-state index contributed by atoms with van der Waals surface area (Å²) in [6.07, 6.45) is 0. The van der Waals surface area contributed by atoms with Crippen LogP contribution in [0.5, 0.6) is 0 Å². The fourth-order valence-electron chi connectivity index (χ4n) is 1.32. The second-order valence-corrected chi connectivity index (χ2v) is 4.36. The number of carbonyl (C=O) groups is 1. The van der Waals surface area contributed by atoms with E-state index in [-0.39, 0.29) is 6.04 Å². The first kappa shape index (κ1) is 13.0. The highest BCUT2D eigenvalue weighted by Crippen LogP contribution is 2.11. The maximum absolute atomic E-state index is 10.7. The van der Waals surface area contributed by atoms with Crippen LogP contribution in [0.3, 0.4) is 0 Å². The molecule has 0 aliphatic rings. The zero-order chi connectivity index (χ0) is 12.1. The zero-order valence-corrected chi connectivity index (χ0v) is 10.2. The third-order valence-corrected chi connectivity index (χ3v) is 2.89. The van der Waals surface area contributed by atoms with Gasteiger partial charge in [-0.25, -0.2) is 0 Å². The van der Waals surface area contributed by atoms with E-state index in [2.05, 4.69) is 5.32 Å². The van der Waals surface area contributed by atoms with E-state index in [1.54, 1.807) is 6.92 Å². The molecule has 0 saturated carbocycles. The summed E-state index contributed by atoms with van der Waals surface area (Å²) < 4.78 is 0. The van der Waals surface area contributed by atoms with Gasteiger partial charge in [0.2, 0.25) is 0 Å². The van der Waals surface area contributed by atoms with E-state index in [0.29, 0.717) is 11.6 Å². The van der Waals surface area contributed by atoms with E-state index in [1.165, 1.54) is 0 Å². The van der Waals surface area contributed by atoms with Crippen molar-refractivity contribution in [2.75, 3.05) is 0 Å². The molecule has 0 heterocycles. The molecule has 0 amide bonds. The Morgan fingerprint density at radius 3 is 2.75 bits per heavy atom. The molecule has 0 saturated heterocycles. The Kier molecular flexibility index (Phi) is 4.77. The first-order valence-electron chi connectivity index (χ1n) is 5.21. The molecule has 0 aliphatic carbocycles. The number of aliphatic carboxylic acids is 1. The summed E-state index contributed by atoms with van der Waals surface area (Å²) in [6, 6.07) is 7.44. The van der Waals surface area contributed by atoms with Crippen LogP contribution in [0, 0.1) is 5.92 Å². The van der Waals surface area contributed by atoms with Crippen LogP contribution in [-0.4, -0.2) is 17.1 Å². The minimum absolute atomic E-state index is 0.0727. The summed E-state index contributed by atoms with van der Waals surface area (Å²) in [7, 11) is 0. The average molecular weight is 242 g/mol. The summed E-state index contributed by atoms with van der Waals surface area (Å²) in [5.41, 5.74) is 1.05. The number of benzene rings is 1. The number of hydrogen-bond donors (Lipinski definition) is 2. The molecule has 2 atom stereocenters. The van der Waals surface area contributed by atoms with Crippen LogP contribution in [0.15, 0.2) is 24.3 Å². The topological polar surface area (TPSA) is 49.3 Å². The lowest BCUT2D eigenvalue weighted by atomic mass is 10.0. The number of halogens is 1. The molecule has 0 fully saturated rings. The highest BCUT2D eigenvalue weighted by molar-refractivity contribution is 6.30. The van der Waals surface area contributed by atoms with Gasteiger partial charge in [0.25, 0.3) is 0 Å². The normalized spacial score (nSPS) is 14.4. The van der Waals surface area contributed by atoms with E-state index >= 15 is 0 Å². The fraction of sp³-hybridized carbons (Fsp3) is 0.417. The standard InChI is InChI=1S/C12H16ClNO2/c1-8(12(15)16)9(2)14-7-10-4-3-5-11(13)6-10/h3-6,8-9,14H,7H2,1-2H3,(H,15,16). The maximum Gasteiger partial charge on any atom is 0.307 e. The largest absolute Gasteiger partial charge is 0.481 e. The lowest BCUT2D eigenvalue weighted by Crippen LogP contribution is -2.35. The van der Waals surface area contributed by atoms with Gasteiger partial charge in [0.1, 0.15) is 0 Å². The quantitative estimate of drug-likeness (QED) is 0.833. The molecule has 1 rings (SSSR count). The molecule has 0 spiro atoms. The van der Waals surface area contributed by atoms with Gasteiger partial charge in [0, 0.05) is 17.6 Å². The number of nitrogens with one attached hydrogen (secondary N) is 1. The predicted octanol–water partition coefficient (Wildman–Crippen LogP) is 2.54. The first-order valence-corrected chi connectivity index (χ1v) is 5.59. The molecule has 2 unspecified atom stereocenters. The fourth-order valence-corrected chi connectivity index (χ4v) is 1.53. The minimum Gasteiger partial charge on any atom is -0.481 e.